The minimum Gasteiger partial charge on any atom is -0.493 e. The van der Waals surface area contributed by atoms with Crippen molar-refractivity contribution in [2.45, 2.75) is 19.3 Å². The Labute approximate surface area is 108 Å². The van der Waals surface area contributed by atoms with Crippen molar-refractivity contribution in [1.29, 1.82) is 0 Å². The quantitative estimate of drug-likeness (QED) is 0.802. The fraction of sp³-hybridized carbons (Fsp3) is 0.538. The van der Waals surface area contributed by atoms with E-state index in [2.05, 4.69) is 10.4 Å². The summed E-state index contributed by atoms with van der Waals surface area (Å²) in [6, 6.07) is 3.66. The second-order valence-electron chi connectivity index (χ2n) is 4.45. The summed E-state index contributed by atoms with van der Waals surface area (Å²) in [5.41, 5.74) is 10.9. The Morgan fingerprint density at radius 3 is 2.28 bits per heavy atom. The van der Waals surface area contributed by atoms with Crippen LogP contribution in [0.2, 0.25) is 0 Å². The first-order chi connectivity index (χ1) is 8.74. The normalized spacial score (nSPS) is 16.3. The van der Waals surface area contributed by atoms with Gasteiger partial charge in [0.25, 0.3) is 0 Å². The Morgan fingerprint density at radius 1 is 1.06 bits per heavy atom. The van der Waals surface area contributed by atoms with E-state index in [0.717, 1.165) is 18.8 Å². The summed E-state index contributed by atoms with van der Waals surface area (Å²) in [6.07, 6.45) is 3.75. The van der Waals surface area contributed by atoms with Gasteiger partial charge in [0.15, 0.2) is 11.5 Å². The minimum atomic E-state index is 0.652. The number of hydrazine groups is 1. The maximum Gasteiger partial charge on any atom is 0.162 e. The van der Waals surface area contributed by atoms with Crippen LogP contribution >= 0.6 is 0 Å². The van der Waals surface area contributed by atoms with Crippen LogP contribution in [0.25, 0.3) is 0 Å². The highest BCUT2D eigenvalue weighted by Gasteiger charge is 2.13. The number of benzene rings is 1. The molecule has 100 valence electrons. The van der Waals surface area contributed by atoms with Crippen molar-refractivity contribution in [3.8, 4) is 11.5 Å². The van der Waals surface area contributed by atoms with Crippen molar-refractivity contribution < 1.29 is 9.47 Å². The molecule has 1 aliphatic rings. The molecular weight excluding hydrogens is 230 g/mol. The van der Waals surface area contributed by atoms with Gasteiger partial charge in [-0.2, -0.15) is 0 Å². The number of methoxy groups -OCH3 is 2. The Balaban J connectivity index is 2.16. The Morgan fingerprint density at radius 2 is 1.67 bits per heavy atom. The summed E-state index contributed by atoms with van der Waals surface area (Å²) in [6.45, 7) is 2.10. The largest absolute Gasteiger partial charge is 0.493 e. The molecule has 0 bridgehead atoms. The number of ether oxygens (including phenoxy) is 2. The molecule has 2 rings (SSSR count). The van der Waals surface area contributed by atoms with Crippen LogP contribution in [-0.2, 0) is 0 Å². The van der Waals surface area contributed by atoms with Crippen LogP contribution in [0.4, 0.5) is 11.4 Å². The molecule has 3 N–H and O–H groups in total. The molecule has 1 aliphatic heterocycles. The fourth-order valence-electron chi connectivity index (χ4n) is 2.17. The zero-order chi connectivity index (χ0) is 13.0. The van der Waals surface area contributed by atoms with Crippen LogP contribution < -0.4 is 20.6 Å². The maximum atomic E-state index is 6.01. The molecule has 5 heteroatoms. The van der Waals surface area contributed by atoms with E-state index < -0.39 is 0 Å². The first kappa shape index (κ1) is 12.8. The van der Waals surface area contributed by atoms with Gasteiger partial charge < -0.3 is 20.6 Å². The van der Waals surface area contributed by atoms with E-state index in [4.69, 9.17) is 15.2 Å². The molecule has 1 heterocycles. The topological polar surface area (TPSA) is 59.8 Å². The molecule has 1 saturated heterocycles. The fourth-order valence-corrected chi connectivity index (χ4v) is 2.17. The van der Waals surface area contributed by atoms with Crippen LogP contribution in [-0.4, -0.2) is 32.3 Å². The number of anilines is 2. The van der Waals surface area contributed by atoms with Crippen LogP contribution in [0.1, 0.15) is 19.3 Å². The Kier molecular flexibility index (Phi) is 4.15. The molecule has 0 atom stereocenters. The lowest BCUT2D eigenvalue weighted by atomic mass is 10.2. The molecule has 1 aromatic carbocycles. The molecular formula is C13H21N3O2. The smallest absolute Gasteiger partial charge is 0.162 e. The van der Waals surface area contributed by atoms with E-state index in [1.165, 1.54) is 19.3 Å². The molecule has 0 aliphatic carbocycles. The monoisotopic (exact) mass is 251 g/mol. The van der Waals surface area contributed by atoms with Gasteiger partial charge in [-0.3, -0.25) is 0 Å². The molecule has 0 saturated carbocycles. The number of piperidine rings is 1. The third-order valence-corrected chi connectivity index (χ3v) is 3.19. The average molecular weight is 251 g/mol. The second-order valence-corrected chi connectivity index (χ2v) is 4.45. The molecule has 5 nitrogen and oxygen atoms in total. The van der Waals surface area contributed by atoms with Gasteiger partial charge in [0, 0.05) is 25.2 Å². The molecule has 18 heavy (non-hydrogen) atoms. The van der Waals surface area contributed by atoms with E-state index in [1.54, 1.807) is 20.3 Å². The highest BCUT2D eigenvalue weighted by Crippen LogP contribution is 2.35. The van der Waals surface area contributed by atoms with Gasteiger partial charge >= 0.3 is 0 Å². The predicted molar refractivity (Wildman–Crippen MR) is 73.0 cm³/mol. The van der Waals surface area contributed by atoms with Gasteiger partial charge in [-0.05, 0) is 12.8 Å². The molecule has 1 fully saturated rings. The van der Waals surface area contributed by atoms with Crippen LogP contribution in [0.15, 0.2) is 12.1 Å². The molecule has 0 unspecified atom stereocenters. The van der Waals surface area contributed by atoms with Crippen molar-refractivity contribution in [2.75, 3.05) is 38.5 Å². The molecule has 0 spiro atoms. The van der Waals surface area contributed by atoms with Gasteiger partial charge in [-0.1, -0.05) is 6.42 Å². The van der Waals surface area contributed by atoms with Crippen LogP contribution in [0, 0.1) is 0 Å². The lowest BCUT2D eigenvalue weighted by Crippen LogP contribution is -2.35. The zero-order valence-corrected chi connectivity index (χ0v) is 11.0. The molecule has 0 amide bonds. The van der Waals surface area contributed by atoms with Crippen molar-refractivity contribution >= 4 is 11.4 Å². The number of nitrogens with one attached hydrogen (secondary N) is 1. The number of nitrogens with zero attached hydrogens (tertiary/aromatic N) is 1. The van der Waals surface area contributed by atoms with Crippen molar-refractivity contribution in [2.24, 2.45) is 0 Å². The molecule has 0 radical (unpaired) electrons. The first-order valence-electron chi connectivity index (χ1n) is 6.27. The first-order valence-corrected chi connectivity index (χ1v) is 6.27. The number of hydrogen-bond acceptors (Lipinski definition) is 5. The maximum absolute atomic E-state index is 6.01. The van der Waals surface area contributed by atoms with E-state index in [1.807, 2.05) is 6.07 Å². The minimum absolute atomic E-state index is 0.652. The van der Waals surface area contributed by atoms with Crippen LogP contribution in [0.5, 0.6) is 11.5 Å². The van der Waals surface area contributed by atoms with Gasteiger partial charge in [0.2, 0.25) is 0 Å². The zero-order valence-electron chi connectivity index (χ0n) is 11.0. The van der Waals surface area contributed by atoms with Gasteiger partial charge in [-0.15, -0.1) is 0 Å². The lowest BCUT2D eigenvalue weighted by molar-refractivity contribution is 0.273. The second kappa shape index (κ2) is 5.82. The number of nitrogens with two attached hydrogens (primary N) is 1. The summed E-state index contributed by atoms with van der Waals surface area (Å²) < 4.78 is 10.5. The lowest BCUT2D eigenvalue weighted by Gasteiger charge is -2.28. The van der Waals surface area contributed by atoms with Crippen molar-refractivity contribution in [1.82, 2.24) is 5.01 Å². The van der Waals surface area contributed by atoms with E-state index in [9.17, 15) is 0 Å². The summed E-state index contributed by atoms with van der Waals surface area (Å²) in [4.78, 5) is 0. The van der Waals surface area contributed by atoms with E-state index in [0.29, 0.717) is 17.2 Å². The summed E-state index contributed by atoms with van der Waals surface area (Å²) >= 11 is 0. The average Bonchev–Trinajstić information content (AvgIpc) is 2.41. The third kappa shape index (κ3) is 2.79. The molecule has 0 aromatic heterocycles. The summed E-state index contributed by atoms with van der Waals surface area (Å²) in [7, 11) is 3.23. The standard InChI is InChI=1S/C13H21N3O2/c1-17-12-8-10(14)11(9-13(12)18-2)15-16-6-4-3-5-7-16/h8-9,15H,3-7,14H2,1-2H3. The van der Waals surface area contributed by atoms with Crippen molar-refractivity contribution in [3.63, 3.8) is 0 Å². The van der Waals surface area contributed by atoms with E-state index in [-0.39, 0.29) is 0 Å². The number of rotatable bonds is 4. The molecule has 1 aromatic rings. The van der Waals surface area contributed by atoms with Gasteiger partial charge in [-0.25, -0.2) is 5.01 Å². The third-order valence-electron chi connectivity index (χ3n) is 3.19. The number of nitrogen functional groups attached to an aromatic ring is 1. The SMILES string of the molecule is COc1cc(N)c(NN2CCCCC2)cc1OC. The van der Waals surface area contributed by atoms with Crippen LogP contribution in [0.3, 0.4) is 0 Å². The Bertz CT molecular complexity index is 403. The predicted octanol–water partition coefficient (Wildman–Crippen LogP) is 2.10. The summed E-state index contributed by atoms with van der Waals surface area (Å²) in [5.74, 6) is 1.34. The van der Waals surface area contributed by atoms with E-state index >= 15 is 0 Å². The van der Waals surface area contributed by atoms with Gasteiger partial charge in [0.1, 0.15) is 0 Å². The van der Waals surface area contributed by atoms with Gasteiger partial charge in [0.05, 0.1) is 25.6 Å². The Hall–Kier alpha value is -1.62. The summed E-state index contributed by atoms with van der Waals surface area (Å²) in [5, 5.41) is 2.20. The highest BCUT2D eigenvalue weighted by molar-refractivity contribution is 5.71. The highest BCUT2D eigenvalue weighted by atomic mass is 16.5. The number of hydrogen-bond donors (Lipinski definition) is 2. The van der Waals surface area contributed by atoms with Crippen molar-refractivity contribution in [3.05, 3.63) is 12.1 Å².